The Labute approximate surface area is 103 Å². The van der Waals surface area contributed by atoms with Crippen molar-refractivity contribution in [1.29, 1.82) is 5.26 Å². The van der Waals surface area contributed by atoms with E-state index in [-0.39, 0.29) is 23.5 Å². The average Bonchev–Trinajstić information content (AvgIpc) is 2.29. The van der Waals surface area contributed by atoms with Gasteiger partial charge in [-0.2, -0.15) is 5.26 Å². The fourth-order valence-corrected chi connectivity index (χ4v) is 2.65. The predicted molar refractivity (Wildman–Crippen MR) is 60.3 cm³/mol. The van der Waals surface area contributed by atoms with Gasteiger partial charge in [-0.3, -0.25) is 0 Å². The molecule has 0 aliphatic carbocycles. The topological polar surface area (TPSA) is 95.2 Å². The second-order valence-electron chi connectivity index (χ2n) is 3.53. The first-order chi connectivity index (χ1) is 8.38. The summed E-state index contributed by atoms with van der Waals surface area (Å²) in [5.41, 5.74) is -0.684. The summed E-state index contributed by atoms with van der Waals surface area (Å²) >= 11 is 0. The maximum Gasteiger partial charge on any atom is 0.338 e. The van der Waals surface area contributed by atoms with Gasteiger partial charge in [-0.1, -0.05) is 0 Å². The quantitative estimate of drug-likeness (QED) is 0.648. The number of unbranched alkanes of at least 4 members (excludes halogenated alkanes) is 1. The fourth-order valence-electron chi connectivity index (χ4n) is 1.32. The summed E-state index contributed by atoms with van der Waals surface area (Å²) in [5, 5.41) is 17.0. The Hall–Kier alpha value is -1.94. The number of nitrogens with zero attached hydrogens (tertiary/aromatic N) is 1. The van der Waals surface area contributed by atoms with Crippen molar-refractivity contribution in [3.8, 4) is 6.07 Å². The molecule has 1 aromatic carbocycles. The van der Waals surface area contributed by atoms with Crippen LogP contribution in [0.25, 0.3) is 0 Å². The van der Waals surface area contributed by atoms with E-state index in [1.165, 1.54) is 0 Å². The number of carboxylic acids is 1. The molecule has 0 spiro atoms. The van der Waals surface area contributed by atoms with Crippen molar-refractivity contribution in [2.75, 3.05) is 5.75 Å². The Morgan fingerprint density at radius 3 is 2.67 bits per heavy atom. The summed E-state index contributed by atoms with van der Waals surface area (Å²) < 4.78 is 36.6. The van der Waals surface area contributed by atoms with Crippen LogP contribution in [0.4, 0.5) is 4.39 Å². The molecule has 0 amide bonds. The van der Waals surface area contributed by atoms with Gasteiger partial charge in [0, 0.05) is 6.42 Å². The number of benzene rings is 1. The first-order valence-electron chi connectivity index (χ1n) is 5.01. The lowest BCUT2D eigenvalue weighted by atomic mass is 10.2. The van der Waals surface area contributed by atoms with Crippen LogP contribution in [0, 0.1) is 17.1 Å². The molecule has 1 aromatic rings. The molecule has 1 rings (SSSR count). The molecular weight excluding hydrogens is 261 g/mol. The molecule has 1 N–H and O–H groups in total. The van der Waals surface area contributed by atoms with Crippen LogP contribution in [0.2, 0.25) is 0 Å². The minimum absolute atomic E-state index is 0.0895. The fraction of sp³-hybridized carbons (Fsp3) is 0.273. The van der Waals surface area contributed by atoms with E-state index in [0.29, 0.717) is 0 Å². The summed E-state index contributed by atoms with van der Waals surface area (Å²) in [6.45, 7) is 0. The third-order valence-electron chi connectivity index (χ3n) is 2.23. The monoisotopic (exact) mass is 271 g/mol. The summed E-state index contributed by atoms with van der Waals surface area (Å²) in [5.74, 6) is -2.79. The van der Waals surface area contributed by atoms with E-state index in [1.807, 2.05) is 6.07 Å². The second-order valence-corrected chi connectivity index (χ2v) is 5.64. The van der Waals surface area contributed by atoms with Crippen LogP contribution in [0.15, 0.2) is 23.1 Å². The van der Waals surface area contributed by atoms with Crippen molar-refractivity contribution < 1.29 is 22.7 Å². The summed E-state index contributed by atoms with van der Waals surface area (Å²) in [6, 6.07) is 4.43. The molecule has 0 fully saturated rings. The molecule has 0 atom stereocenters. The molecule has 0 heterocycles. The number of halogens is 1. The van der Waals surface area contributed by atoms with Gasteiger partial charge in [-0.05, 0) is 24.6 Å². The number of nitriles is 1. The summed E-state index contributed by atoms with van der Waals surface area (Å²) in [6.07, 6.45) is 0.241. The van der Waals surface area contributed by atoms with Gasteiger partial charge < -0.3 is 5.11 Å². The molecule has 0 aliphatic heterocycles. The minimum atomic E-state index is -3.69. The van der Waals surface area contributed by atoms with E-state index in [9.17, 15) is 17.6 Å². The highest BCUT2D eigenvalue weighted by Crippen LogP contribution is 2.17. The summed E-state index contributed by atoms with van der Waals surface area (Å²) in [7, 11) is -3.69. The van der Waals surface area contributed by atoms with Gasteiger partial charge >= 0.3 is 5.97 Å². The molecule has 0 bridgehead atoms. The number of aromatic carboxylic acids is 1. The molecule has 0 saturated heterocycles. The molecule has 0 aromatic heterocycles. The van der Waals surface area contributed by atoms with Crippen molar-refractivity contribution in [3.63, 3.8) is 0 Å². The van der Waals surface area contributed by atoms with Crippen LogP contribution in [-0.4, -0.2) is 25.2 Å². The smallest absolute Gasteiger partial charge is 0.338 e. The maximum atomic E-state index is 13.1. The minimum Gasteiger partial charge on any atom is -0.478 e. The maximum absolute atomic E-state index is 13.1. The third-order valence-corrected chi connectivity index (χ3v) is 4.03. The van der Waals surface area contributed by atoms with Crippen LogP contribution in [0.1, 0.15) is 23.2 Å². The standard InChI is InChI=1S/C11H10FNO4S/c12-10-4-3-8(7-9(10)11(14)15)18(16,17)6-2-1-5-13/h3-4,7H,1-2,6H2,(H,14,15). The molecule has 5 nitrogen and oxygen atoms in total. The van der Waals surface area contributed by atoms with E-state index < -0.39 is 27.2 Å². The third kappa shape index (κ3) is 3.28. The molecule has 0 radical (unpaired) electrons. The van der Waals surface area contributed by atoms with Crippen molar-refractivity contribution in [2.24, 2.45) is 0 Å². The lowest BCUT2D eigenvalue weighted by molar-refractivity contribution is 0.0691. The Bertz CT molecular complexity index is 604. The normalized spacial score (nSPS) is 10.9. The summed E-state index contributed by atoms with van der Waals surface area (Å²) in [4.78, 5) is 10.4. The van der Waals surface area contributed by atoms with Gasteiger partial charge in [0.05, 0.1) is 22.3 Å². The zero-order valence-electron chi connectivity index (χ0n) is 9.26. The molecular formula is C11H10FNO4S. The van der Waals surface area contributed by atoms with Gasteiger partial charge in [0.2, 0.25) is 0 Å². The lowest BCUT2D eigenvalue weighted by Gasteiger charge is -2.05. The van der Waals surface area contributed by atoms with E-state index >= 15 is 0 Å². The molecule has 0 aliphatic rings. The van der Waals surface area contributed by atoms with Crippen LogP contribution < -0.4 is 0 Å². The molecule has 96 valence electrons. The highest BCUT2D eigenvalue weighted by molar-refractivity contribution is 7.91. The van der Waals surface area contributed by atoms with Crippen LogP contribution >= 0.6 is 0 Å². The van der Waals surface area contributed by atoms with Gasteiger partial charge in [-0.25, -0.2) is 17.6 Å². The number of carbonyl (C=O) groups is 1. The highest BCUT2D eigenvalue weighted by atomic mass is 32.2. The average molecular weight is 271 g/mol. The van der Waals surface area contributed by atoms with E-state index in [1.54, 1.807) is 0 Å². The number of hydrogen-bond acceptors (Lipinski definition) is 4. The second kappa shape index (κ2) is 5.60. The van der Waals surface area contributed by atoms with Crippen LogP contribution in [-0.2, 0) is 9.84 Å². The first kappa shape index (κ1) is 14.1. The van der Waals surface area contributed by atoms with E-state index in [0.717, 1.165) is 18.2 Å². The van der Waals surface area contributed by atoms with Crippen molar-refractivity contribution in [2.45, 2.75) is 17.7 Å². The first-order valence-corrected chi connectivity index (χ1v) is 6.66. The Balaban J connectivity index is 3.07. The Kier molecular flexibility index (Phi) is 4.39. The number of sulfone groups is 1. The number of hydrogen-bond donors (Lipinski definition) is 1. The molecule has 0 saturated carbocycles. The highest BCUT2D eigenvalue weighted by Gasteiger charge is 2.18. The van der Waals surface area contributed by atoms with Crippen molar-refractivity contribution in [3.05, 3.63) is 29.6 Å². The predicted octanol–water partition coefficient (Wildman–Crippen LogP) is 1.60. The van der Waals surface area contributed by atoms with Crippen LogP contribution in [0.3, 0.4) is 0 Å². The van der Waals surface area contributed by atoms with Gasteiger partial charge in [-0.15, -0.1) is 0 Å². The largest absolute Gasteiger partial charge is 0.478 e. The van der Waals surface area contributed by atoms with Gasteiger partial charge in [0.15, 0.2) is 9.84 Å². The number of rotatable bonds is 5. The Morgan fingerprint density at radius 1 is 1.44 bits per heavy atom. The molecule has 7 heteroatoms. The van der Waals surface area contributed by atoms with Gasteiger partial charge in [0.25, 0.3) is 0 Å². The van der Waals surface area contributed by atoms with E-state index in [2.05, 4.69) is 0 Å². The van der Waals surface area contributed by atoms with Gasteiger partial charge in [0.1, 0.15) is 5.82 Å². The zero-order chi connectivity index (χ0) is 13.8. The number of carboxylic acid groups (broad SMARTS) is 1. The lowest BCUT2D eigenvalue weighted by Crippen LogP contribution is -2.09. The SMILES string of the molecule is N#CCCCS(=O)(=O)c1ccc(F)c(C(=O)O)c1. The Morgan fingerprint density at radius 2 is 2.11 bits per heavy atom. The zero-order valence-corrected chi connectivity index (χ0v) is 10.1. The van der Waals surface area contributed by atoms with E-state index in [4.69, 9.17) is 10.4 Å². The molecule has 18 heavy (non-hydrogen) atoms. The molecule has 0 unspecified atom stereocenters. The van der Waals surface area contributed by atoms with Crippen LogP contribution in [0.5, 0.6) is 0 Å². The van der Waals surface area contributed by atoms with Crippen molar-refractivity contribution in [1.82, 2.24) is 0 Å². The van der Waals surface area contributed by atoms with Crippen molar-refractivity contribution >= 4 is 15.8 Å².